The minimum atomic E-state index is -0.868. The van der Waals surface area contributed by atoms with E-state index in [-0.39, 0.29) is 18.4 Å². The van der Waals surface area contributed by atoms with Crippen molar-refractivity contribution in [3.05, 3.63) is 35.9 Å². The van der Waals surface area contributed by atoms with Crippen LogP contribution in [0.4, 0.5) is 4.79 Å². The molecule has 0 aliphatic heterocycles. The standard InChI is InChI=1S/C26H42N4O5/c1-18(2)14-22(24(32)28-21(16-31)12-8-9-13-27)29-25(33)23(15-19(3)4)30-26(34)35-17-20-10-6-5-7-11-20/h5-7,10-11,16,18-19,21-23H,8-9,12-15,17,27H2,1-4H3,(H,28,32)(H,29,33)(H,30,34)/t21?,22-,23-/m0/s1. The summed E-state index contributed by atoms with van der Waals surface area (Å²) in [6, 6.07) is 6.89. The Hall–Kier alpha value is -2.94. The number of rotatable bonds is 16. The second kappa shape index (κ2) is 16.6. The molecule has 0 bridgehead atoms. The number of carbonyl (C=O) groups excluding carboxylic acids is 4. The maximum atomic E-state index is 13.1. The summed E-state index contributed by atoms with van der Waals surface area (Å²) in [4.78, 5) is 49.8. The normalized spacial score (nSPS) is 13.6. The van der Waals surface area contributed by atoms with Gasteiger partial charge in [0.15, 0.2) is 0 Å². The van der Waals surface area contributed by atoms with Crippen LogP contribution in [0, 0.1) is 11.8 Å². The number of ether oxygens (including phenoxy) is 1. The van der Waals surface area contributed by atoms with E-state index in [4.69, 9.17) is 10.5 Å². The minimum absolute atomic E-state index is 0.0817. The van der Waals surface area contributed by atoms with E-state index in [9.17, 15) is 19.2 Å². The fraction of sp³-hybridized carbons (Fsp3) is 0.615. The predicted octanol–water partition coefficient (Wildman–Crippen LogP) is 2.67. The Morgan fingerprint density at radius 1 is 0.886 bits per heavy atom. The fourth-order valence-corrected chi connectivity index (χ4v) is 3.55. The number of aldehydes is 1. The van der Waals surface area contributed by atoms with Crippen molar-refractivity contribution in [2.45, 2.75) is 84.5 Å². The molecule has 3 atom stereocenters. The molecule has 35 heavy (non-hydrogen) atoms. The highest BCUT2D eigenvalue weighted by Gasteiger charge is 2.29. The van der Waals surface area contributed by atoms with Crippen molar-refractivity contribution >= 4 is 24.2 Å². The molecule has 5 N–H and O–H groups in total. The molecular weight excluding hydrogens is 448 g/mol. The van der Waals surface area contributed by atoms with Gasteiger partial charge in [-0.1, -0.05) is 58.0 Å². The van der Waals surface area contributed by atoms with Crippen LogP contribution in [-0.2, 0) is 25.7 Å². The quantitative estimate of drug-likeness (QED) is 0.207. The number of nitrogens with two attached hydrogens (primary N) is 1. The molecule has 3 amide bonds. The number of amides is 3. The molecule has 0 aliphatic rings. The van der Waals surface area contributed by atoms with Crippen molar-refractivity contribution in [3.8, 4) is 0 Å². The molecule has 1 aromatic carbocycles. The third kappa shape index (κ3) is 12.9. The molecule has 0 radical (unpaired) electrons. The first-order valence-electron chi connectivity index (χ1n) is 12.4. The summed E-state index contributed by atoms with van der Waals surface area (Å²) >= 11 is 0. The van der Waals surface area contributed by atoms with Crippen LogP contribution < -0.4 is 21.7 Å². The monoisotopic (exact) mass is 490 g/mol. The van der Waals surface area contributed by atoms with Crippen LogP contribution in [0.25, 0.3) is 0 Å². The smallest absolute Gasteiger partial charge is 0.408 e. The molecule has 1 rings (SSSR count). The van der Waals surface area contributed by atoms with Gasteiger partial charge in [-0.15, -0.1) is 0 Å². The van der Waals surface area contributed by atoms with Gasteiger partial charge in [0, 0.05) is 0 Å². The molecule has 196 valence electrons. The molecule has 1 aromatic rings. The number of hydrogen-bond acceptors (Lipinski definition) is 6. The van der Waals surface area contributed by atoms with Crippen molar-refractivity contribution in [2.75, 3.05) is 6.54 Å². The molecule has 0 saturated carbocycles. The first kappa shape index (κ1) is 30.1. The first-order valence-corrected chi connectivity index (χ1v) is 12.4. The summed E-state index contributed by atoms with van der Waals surface area (Å²) < 4.78 is 5.26. The summed E-state index contributed by atoms with van der Waals surface area (Å²) in [5, 5.41) is 8.12. The Morgan fingerprint density at radius 2 is 1.46 bits per heavy atom. The van der Waals surface area contributed by atoms with Crippen molar-refractivity contribution < 1.29 is 23.9 Å². The highest BCUT2D eigenvalue weighted by molar-refractivity contribution is 5.92. The second-order valence-electron chi connectivity index (χ2n) is 9.61. The van der Waals surface area contributed by atoms with Gasteiger partial charge in [0.1, 0.15) is 25.0 Å². The Bertz CT molecular complexity index is 785. The SMILES string of the molecule is CC(C)C[C@H](NC(=O)OCc1ccccc1)C(=O)N[C@@H](CC(C)C)C(=O)NC(C=O)CCCCN. The van der Waals surface area contributed by atoms with Gasteiger partial charge in [0.2, 0.25) is 11.8 Å². The lowest BCUT2D eigenvalue weighted by atomic mass is 9.99. The van der Waals surface area contributed by atoms with Crippen molar-refractivity contribution in [1.82, 2.24) is 16.0 Å². The fourth-order valence-electron chi connectivity index (χ4n) is 3.55. The van der Waals surface area contributed by atoms with E-state index in [1.807, 2.05) is 58.0 Å². The number of unbranched alkanes of at least 4 members (excludes halogenated alkanes) is 1. The maximum absolute atomic E-state index is 13.1. The molecule has 0 fully saturated rings. The second-order valence-corrected chi connectivity index (χ2v) is 9.61. The van der Waals surface area contributed by atoms with Crippen LogP contribution in [-0.4, -0.2) is 48.9 Å². The van der Waals surface area contributed by atoms with Gasteiger partial charge in [0.05, 0.1) is 6.04 Å². The lowest BCUT2D eigenvalue weighted by Crippen LogP contribution is -2.55. The van der Waals surface area contributed by atoms with E-state index in [0.717, 1.165) is 12.0 Å². The average Bonchev–Trinajstić information content (AvgIpc) is 2.81. The van der Waals surface area contributed by atoms with Gasteiger partial charge < -0.3 is 31.2 Å². The van der Waals surface area contributed by atoms with Gasteiger partial charge in [-0.2, -0.15) is 0 Å². The third-order valence-corrected chi connectivity index (χ3v) is 5.33. The Morgan fingerprint density at radius 3 is 2.00 bits per heavy atom. The highest BCUT2D eigenvalue weighted by atomic mass is 16.5. The number of hydrogen-bond donors (Lipinski definition) is 4. The van der Waals surface area contributed by atoms with Gasteiger partial charge in [0.25, 0.3) is 0 Å². The molecule has 0 aromatic heterocycles. The van der Waals surface area contributed by atoms with E-state index in [1.54, 1.807) is 0 Å². The van der Waals surface area contributed by atoms with Crippen molar-refractivity contribution in [2.24, 2.45) is 17.6 Å². The van der Waals surface area contributed by atoms with Crippen LogP contribution in [0.2, 0.25) is 0 Å². The topological polar surface area (TPSA) is 140 Å². The lowest BCUT2D eigenvalue weighted by molar-refractivity contribution is -0.131. The van der Waals surface area contributed by atoms with Gasteiger partial charge >= 0.3 is 6.09 Å². The molecule has 9 nitrogen and oxygen atoms in total. The largest absolute Gasteiger partial charge is 0.445 e. The van der Waals surface area contributed by atoms with E-state index >= 15 is 0 Å². The summed E-state index contributed by atoms with van der Waals surface area (Å²) in [7, 11) is 0. The van der Waals surface area contributed by atoms with E-state index < -0.39 is 36.0 Å². The van der Waals surface area contributed by atoms with Crippen LogP contribution >= 0.6 is 0 Å². The Kier molecular flexibility index (Phi) is 14.3. The first-order chi connectivity index (χ1) is 16.7. The van der Waals surface area contributed by atoms with Gasteiger partial charge in [-0.3, -0.25) is 9.59 Å². The number of benzene rings is 1. The molecule has 0 aliphatic carbocycles. The summed E-state index contributed by atoms with van der Waals surface area (Å²) in [6.45, 7) is 8.35. The molecule has 1 unspecified atom stereocenters. The molecule has 0 spiro atoms. The highest BCUT2D eigenvalue weighted by Crippen LogP contribution is 2.10. The Balaban J connectivity index is 2.81. The molecule has 9 heteroatoms. The summed E-state index contributed by atoms with van der Waals surface area (Å²) in [5.41, 5.74) is 6.33. The number of nitrogens with one attached hydrogen (secondary N) is 3. The van der Waals surface area contributed by atoms with Crippen molar-refractivity contribution in [3.63, 3.8) is 0 Å². The third-order valence-electron chi connectivity index (χ3n) is 5.33. The van der Waals surface area contributed by atoms with Crippen LogP contribution in [0.5, 0.6) is 0 Å². The molecule has 0 saturated heterocycles. The van der Waals surface area contributed by atoms with E-state index in [0.29, 0.717) is 38.5 Å². The minimum Gasteiger partial charge on any atom is -0.445 e. The van der Waals surface area contributed by atoms with Crippen LogP contribution in [0.3, 0.4) is 0 Å². The van der Waals surface area contributed by atoms with Crippen LogP contribution in [0.1, 0.15) is 65.4 Å². The maximum Gasteiger partial charge on any atom is 0.408 e. The summed E-state index contributed by atoms with van der Waals surface area (Å²) in [5.74, 6) is -0.668. The zero-order valence-corrected chi connectivity index (χ0v) is 21.4. The van der Waals surface area contributed by atoms with E-state index in [1.165, 1.54) is 0 Å². The molecular formula is C26H42N4O5. The number of carbonyl (C=O) groups is 4. The number of alkyl carbamates (subject to hydrolysis) is 1. The lowest BCUT2D eigenvalue weighted by Gasteiger charge is -2.26. The van der Waals surface area contributed by atoms with Gasteiger partial charge in [-0.05, 0) is 56.0 Å². The molecule has 0 heterocycles. The average molecular weight is 491 g/mol. The van der Waals surface area contributed by atoms with Gasteiger partial charge in [-0.25, -0.2) is 4.79 Å². The van der Waals surface area contributed by atoms with E-state index in [2.05, 4.69) is 16.0 Å². The van der Waals surface area contributed by atoms with Crippen LogP contribution in [0.15, 0.2) is 30.3 Å². The van der Waals surface area contributed by atoms with Crippen molar-refractivity contribution in [1.29, 1.82) is 0 Å². The summed E-state index contributed by atoms with van der Waals surface area (Å²) in [6.07, 6.45) is 2.72. The zero-order chi connectivity index (χ0) is 26.2. The zero-order valence-electron chi connectivity index (χ0n) is 21.4. The predicted molar refractivity (Wildman–Crippen MR) is 135 cm³/mol. The Labute approximate surface area is 208 Å².